The van der Waals surface area contributed by atoms with Crippen LogP contribution in [0.15, 0.2) is 36.5 Å². The fourth-order valence-corrected chi connectivity index (χ4v) is 8.43. The molecular formula is C35H36F4N6O4. The van der Waals surface area contributed by atoms with E-state index in [1.165, 1.54) is 24.1 Å². The predicted octanol–water partition coefficient (Wildman–Crippen LogP) is 5.92. The monoisotopic (exact) mass is 680 g/mol. The van der Waals surface area contributed by atoms with Crippen molar-refractivity contribution in [3.63, 3.8) is 0 Å². The molecule has 2 aromatic carbocycles. The third-order valence-electron chi connectivity index (χ3n) is 10.3. The predicted molar refractivity (Wildman–Crippen MR) is 173 cm³/mol. The molecule has 0 radical (unpaired) electrons. The summed E-state index contributed by atoms with van der Waals surface area (Å²) >= 11 is 0. The van der Waals surface area contributed by atoms with E-state index in [0.29, 0.717) is 42.1 Å². The number of pyridine rings is 1. The zero-order valence-electron chi connectivity index (χ0n) is 26.9. The molecule has 0 saturated carbocycles. The molecule has 0 aliphatic carbocycles. The average Bonchev–Trinajstić information content (AvgIpc) is 3.55. The number of hydrogen-bond donors (Lipinski definition) is 2. The molecule has 0 spiro atoms. The van der Waals surface area contributed by atoms with Crippen LogP contribution >= 0.6 is 0 Å². The van der Waals surface area contributed by atoms with Gasteiger partial charge in [0.05, 0.1) is 29.6 Å². The summed E-state index contributed by atoms with van der Waals surface area (Å²) in [6, 6.07) is 8.25. The molecule has 10 nitrogen and oxygen atoms in total. The van der Waals surface area contributed by atoms with Gasteiger partial charge in [-0.2, -0.15) is 9.97 Å². The summed E-state index contributed by atoms with van der Waals surface area (Å²) in [6.45, 7) is 1.72. The highest BCUT2D eigenvalue weighted by Gasteiger charge is 2.50. The molecule has 1 amide bonds. The van der Waals surface area contributed by atoms with E-state index >= 15 is 13.2 Å². The number of ether oxygens (including phenoxy) is 2. The SMILES string of the molecule is C[C@@]12CN(CC(F)(F)C1)c1nc(OC[C@@]34CCCN3C[C@H](F)C4)nc3c(F)c(ncc13)-c1cc(O)cc3cccc(c13)CCCOC(=O)N2. The lowest BCUT2D eigenvalue weighted by Crippen LogP contribution is -2.63. The number of nitrogens with one attached hydrogen (secondary N) is 1. The van der Waals surface area contributed by atoms with Crippen LogP contribution in [0.1, 0.15) is 44.6 Å². The summed E-state index contributed by atoms with van der Waals surface area (Å²) in [5.41, 5.74) is -1.19. The Morgan fingerprint density at radius 1 is 1.18 bits per heavy atom. The number of phenols is 1. The third kappa shape index (κ3) is 5.73. The van der Waals surface area contributed by atoms with Gasteiger partial charge >= 0.3 is 12.1 Å². The lowest BCUT2D eigenvalue weighted by atomic mass is 9.88. The molecule has 5 aliphatic heterocycles. The number of aryl methyl sites for hydroxylation is 1. The number of carbonyl (C=O) groups is 1. The minimum absolute atomic E-state index is 0.0141. The Hall–Kier alpha value is -4.46. The first kappa shape index (κ1) is 31.8. The summed E-state index contributed by atoms with van der Waals surface area (Å²) in [5, 5.41) is 14.7. The highest BCUT2D eigenvalue weighted by Crippen LogP contribution is 2.43. The Bertz CT molecular complexity index is 1980. The van der Waals surface area contributed by atoms with Gasteiger partial charge in [0.25, 0.3) is 5.92 Å². The number of hydrogen-bond acceptors (Lipinski definition) is 9. The second kappa shape index (κ2) is 11.6. The molecule has 258 valence electrons. The van der Waals surface area contributed by atoms with Crippen LogP contribution in [0.5, 0.6) is 11.8 Å². The lowest BCUT2D eigenvalue weighted by molar-refractivity contribution is -0.0390. The van der Waals surface area contributed by atoms with Crippen LogP contribution in [-0.4, -0.2) is 93.6 Å². The van der Waals surface area contributed by atoms with Crippen LogP contribution in [0, 0.1) is 5.82 Å². The molecule has 6 bridgehead atoms. The number of anilines is 1. The largest absolute Gasteiger partial charge is 0.508 e. The van der Waals surface area contributed by atoms with Gasteiger partial charge in [0.15, 0.2) is 5.82 Å². The molecule has 4 aromatic rings. The minimum atomic E-state index is -3.27. The molecule has 2 aromatic heterocycles. The van der Waals surface area contributed by atoms with E-state index in [0.717, 1.165) is 18.5 Å². The zero-order chi connectivity index (χ0) is 34.1. The van der Waals surface area contributed by atoms with Crippen LogP contribution in [0.3, 0.4) is 0 Å². The number of piperidine rings is 1. The number of alkyl carbamates (subject to hydrolysis) is 1. The van der Waals surface area contributed by atoms with Gasteiger partial charge in [0, 0.05) is 37.7 Å². The van der Waals surface area contributed by atoms with Crippen molar-refractivity contribution in [1.82, 2.24) is 25.2 Å². The van der Waals surface area contributed by atoms with Gasteiger partial charge in [-0.3, -0.25) is 9.88 Å². The Balaban J connectivity index is 1.32. The maximum atomic E-state index is 17.0. The molecular weight excluding hydrogens is 644 g/mol. The molecule has 14 heteroatoms. The van der Waals surface area contributed by atoms with Crippen LogP contribution in [0.25, 0.3) is 32.9 Å². The Morgan fingerprint density at radius 3 is 2.90 bits per heavy atom. The summed E-state index contributed by atoms with van der Waals surface area (Å²) in [6.07, 6.45) is 1.55. The van der Waals surface area contributed by atoms with Gasteiger partial charge in [-0.05, 0) is 67.6 Å². The van der Waals surface area contributed by atoms with Crippen LogP contribution < -0.4 is 15.0 Å². The smallest absolute Gasteiger partial charge is 0.407 e. The molecule has 7 heterocycles. The number of aromatic hydroxyl groups is 1. The molecule has 5 aliphatic rings. The van der Waals surface area contributed by atoms with Gasteiger partial charge in [0.2, 0.25) is 0 Å². The number of alkyl halides is 3. The number of nitrogens with zero attached hydrogens (tertiary/aromatic N) is 5. The quantitative estimate of drug-likeness (QED) is 0.255. The summed E-state index contributed by atoms with van der Waals surface area (Å²) in [5.74, 6) is -4.26. The highest BCUT2D eigenvalue weighted by molar-refractivity contribution is 6.01. The van der Waals surface area contributed by atoms with E-state index in [2.05, 4.69) is 25.2 Å². The van der Waals surface area contributed by atoms with Crippen molar-refractivity contribution < 1.29 is 36.9 Å². The number of phenolic OH excluding ortho intramolecular Hbond substituents is 1. The standard InChI is InChI=1S/C35H36F4N6O4/c1-33-16-35(38,39)18-44(17-33)30-25-14-40-28(24-12-23(46)11-21-6-2-5-20(26(21)24)7-3-10-48-32(47)43-33)27(37)29(25)41-31(42-30)49-19-34-8-4-9-45(34)15-22(36)13-34/h2,5-6,11-12,14,22,46H,3-4,7-10,13,15-19H2,1H3,(H,43,47)/t22-,33+,34+/m1/s1. The number of carbonyl (C=O) groups excluding carboxylic acids is 1. The first-order valence-electron chi connectivity index (χ1n) is 16.6. The van der Waals surface area contributed by atoms with E-state index in [1.807, 2.05) is 12.1 Å². The highest BCUT2D eigenvalue weighted by atomic mass is 19.3. The van der Waals surface area contributed by atoms with Crippen LogP contribution in [0.4, 0.5) is 28.2 Å². The topological polar surface area (TPSA) is 113 Å². The fraction of sp³-hybridized carbons (Fsp3) is 0.486. The van der Waals surface area contributed by atoms with E-state index < -0.39 is 48.0 Å². The lowest BCUT2D eigenvalue weighted by Gasteiger charge is -2.44. The first-order chi connectivity index (χ1) is 23.4. The fourth-order valence-electron chi connectivity index (χ4n) is 8.43. The van der Waals surface area contributed by atoms with Crippen molar-refractivity contribution in [3.05, 3.63) is 47.9 Å². The average molecular weight is 681 g/mol. The van der Waals surface area contributed by atoms with Gasteiger partial charge in [0.1, 0.15) is 35.6 Å². The van der Waals surface area contributed by atoms with Gasteiger partial charge in [-0.15, -0.1) is 0 Å². The van der Waals surface area contributed by atoms with E-state index in [4.69, 9.17) is 9.47 Å². The number of halogens is 4. The van der Waals surface area contributed by atoms with Gasteiger partial charge < -0.3 is 24.8 Å². The van der Waals surface area contributed by atoms with E-state index in [9.17, 15) is 14.3 Å². The molecule has 49 heavy (non-hydrogen) atoms. The minimum Gasteiger partial charge on any atom is -0.508 e. The van der Waals surface area contributed by atoms with Crippen molar-refractivity contribution in [3.8, 4) is 23.0 Å². The Kier molecular flexibility index (Phi) is 7.50. The van der Waals surface area contributed by atoms with Crippen molar-refractivity contribution in [1.29, 1.82) is 0 Å². The van der Waals surface area contributed by atoms with Crippen molar-refractivity contribution in [2.45, 2.75) is 68.6 Å². The number of aromatic nitrogens is 3. The number of fused-ring (bicyclic) bond motifs is 7. The normalized spacial score (nSPS) is 26.9. The number of rotatable bonds is 3. The molecule has 3 fully saturated rings. The molecule has 2 N–H and O–H groups in total. The summed E-state index contributed by atoms with van der Waals surface area (Å²) < 4.78 is 74.1. The second-order valence-corrected chi connectivity index (χ2v) is 14.2. The maximum Gasteiger partial charge on any atom is 0.407 e. The van der Waals surface area contributed by atoms with Crippen molar-refractivity contribution in [2.75, 3.05) is 44.3 Å². The van der Waals surface area contributed by atoms with Crippen molar-refractivity contribution in [2.24, 2.45) is 0 Å². The Morgan fingerprint density at radius 2 is 2.04 bits per heavy atom. The molecule has 3 atom stereocenters. The Labute approximate surface area is 279 Å². The first-order valence-corrected chi connectivity index (χ1v) is 16.6. The van der Waals surface area contributed by atoms with Crippen molar-refractivity contribution >= 4 is 33.6 Å². The number of amides is 1. The van der Waals surface area contributed by atoms with Gasteiger partial charge in [-0.1, -0.05) is 18.2 Å². The number of benzene rings is 2. The summed E-state index contributed by atoms with van der Waals surface area (Å²) in [7, 11) is 0. The van der Waals surface area contributed by atoms with Crippen LogP contribution in [0.2, 0.25) is 0 Å². The molecule has 3 saturated heterocycles. The van der Waals surface area contributed by atoms with E-state index in [1.54, 1.807) is 12.1 Å². The third-order valence-corrected chi connectivity index (χ3v) is 10.3. The molecule has 0 unspecified atom stereocenters. The second-order valence-electron chi connectivity index (χ2n) is 14.2. The zero-order valence-corrected chi connectivity index (χ0v) is 26.9. The summed E-state index contributed by atoms with van der Waals surface area (Å²) in [4.78, 5) is 29.8. The maximum absolute atomic E-state index is 17.0. The van der Waals surface area contributed by atoms with Crippen LogP contribution in [-0.2, 0) is 11.2 Å². The van der Waals surface area contributed by atoms with E-state index in [-0.39, 0.29) is 60.4 Å². The molecule has 9 rings (SSSR count). The van der Waals surface area contributed by atoms with Gasteiger partial charge in [-0.25, -0.2) is 22.4 Å².